The second-order valence-electron chi connectivity index (χ2n) is 9.60. The number of hydrogen-bond donors (Lipinski definition) is 3. The van der Waals surface area contributed by atoms with Gasteiger partial charge >= 0.3 is 6.09 Å². The summed E-state index contributed by atoms with van der Waals surface area (Å²) in [6.07, 6.45) is 1.14. The molecule has 1 aromatic heterocycles. The smallest absolute Gasteiger partial charge is 0.407 e. The minimum Gasteiger partial charge on any atom is -0.444 e. The molecule has 0 saturated heterocycles. The Bertz CT molecular complexity index is 1030. The van der Waals surface area contributed by atoms with Crippen LogP contribution in [0.4, 0.5) is 4.79 Å². The number of amides is 3. The second kappa shape index (κ2) is 11.9. The first-order valence-corrected chi connectivity index (χ1v) is 12.4. The Balaban J connectivity index is 1.93. The average Bonchev–Trinajstić information content (AvgIpc) is 3.04. The van der Waals surface area contributed by atoms with Crippen molar-refractivity contribution in [3.05, 3.63) is 33.4 Å². The van der Waals surface area contributed by atoms with Crippen LogP contribution in [0.25, 0.3) is 10.9 Å². The van der Waals surface area contributed by atoms with Gasteiger partial charge in [-0.3, -0.25) is 9.59 Å². The zero-order chi connectivity index (χ0) is 25.6. The maximum atomic E-state index is 12.8. The van der Waals surface area contributed by atoms with Gasteiger partial charge in [0.05, 0.1) is 4.47 Å². The summed E-state index contributed by atoms with van der Waals surface area (Å²) in [7, 11) is 3.42. The van der Waals surface area contributed by atoms with E-state index in [1.54, 1.807) is 51.9 Å². The average molecular weight is 558 g/mol. The van der Waals surface area contributed by atoms with E-state index in [-0.39, 0.29) is 23.8 Å². The van der Waals surface area contributed by atoms with Crippen molar-refractivity contribution in [2.24, 2.45) is 5.92 Å². The Hall–Kier alpha value is -2.26. The number of aromatic nitrogens is 1. The van der Waals surface area contributed by atoms with E-state index in [2.05, 4.69) is 31.5 Å². The van der Waals surface area contributed by atoms with Gasteiger partial charge in [0.25, 0.3) is 5.91 Å². The van der Waals surface area contributed by atoms with Crippen molar-refractivity contribution >= 4 is 56.3 Å². The summed E-state index contributed by atoms with van der Waals surface area (Å²) in [6, 6.07) is 5.22. The highest BCUT2D eigenvalue weighted by Crippen LogP contribution is 2.30. The van der Waals surface area contributed by atoms with Crippen LogP contribution < -0.4 is 10.6 Å². The number of carbonyl (C=O) groups excluding carboxylic acids is 3. The Morgan fingerprint density at radius 1 is 1.18 bits per heavy atom. The quantitative estimate of drug-likeness (QED) is 0.399. The molecule has 10 heteroatoms. The first-order valence-electron chi connectivity index (χ1n) is 11.2. The molecule has 0 radical (unpaired) electrons. The number of carbonyl (C=O) groups is 3. The third-order valence-electron chi connectivity index (χ3n) is 5.20. The van der Waals surface area contributed by atoms with E-state index in [1.807, 2.05) is 13.0 Å². The molecule has 188 valence electrons. The molecular weight excluding hydrogens is 524 g/mol. The van der Waals surface area contributed by atoms with Gasteiger partial charge in [-0.25, -0.2) is 4.79 Å². The lowest BCUT2D eigenvalue weighted by molar-refractivity contribution is -0.133. The van der Waals surface area contributed by atoms with Gasteiger partial charge < -0.3 is 25.3 Å². The first-order chi connectivity index (χ1) is 15.8. The highest BCUT2D eigenvalue weighted by Gasteiger charge is 2.23. The highest BCUT2D eigenvalue weighted by atomic mass is 79.9. The van der Waals surface area contributed by atoms with E-state index in [0.717, 1.165) is 10.9 Å². The van der Waals surface area contributed by atoms with E-state index in [1.165, 1.54) is 0 Å². The lowest BCUT2D eigenvalue weighted by Gasteiger charge is -2.23. The van der Waals surface area contributed by atoms with Crippen LogP contribution >= 0.6 is 27.5 Å². The molecule has 1 aromatic carbocycles. The zero-order valence-electron chi connectivity index (χ0n) is 20.6. The number of halogens is 2. The maximum absolute atomic E-state index is 12.8. The van der Waals surface area contributed by atoms with E-state index in [9.17, 15) is 14.4 Å². The molecule has 0 aliphatic heterocycles. The molecule has 0 spiro atoms. The van der Waals surface area contributed by atoms with Crippen molar-refractivity contribution in [3.63, 3.8) is 0 Å². The van der Waals surface area contributed by atoms with Gasteiger partial charge in [0.15, 0.2) is 0 Å². The first kappa shape index (κ1) is 28.0. The van der Waals surface area contributed by atoms with Crippen molar-refractivity contribution < 1.29 is 19.1 Å². The monoisotopic (exact) mass is 556 g/mol. The Labute approximate surface area is 214 Å². The molecule has 2 aromatic rings. The van der Waals surface area contributed by atoms with Crippen molar-refractivity contribution in [2.75, 3.05) is 20.6 Å². The number of hydrogen-bond acceptors (Lipinski definition) is 4. The fourth-order valence-corrected chi connectivity index (χ4v) is 4.31. The van der Waals surface area contributed by atoms with Gasteiger partial charge in [0.2, 0.25) is 5.91 Å². The molecule has 0 unspecified atom stereocenters. The summed E-state index contributed by atoms with van der Waals surface area (Å²) in [5.74, 6) is -0.542. The molecular formula is C24H34BrClN4O4. The van der Waals surface area contributed by atoms with E-state index in [4.69, 9.17) is 16.3 Å². The molecule has 0 saturated carbocycles. The van der Waals surface area contributed by atoms with Gasteiger partial charge in [-0.1, -0.05) is 11.6 Å². The summed E-state index contributed by atoms with van der Waals surface area (Å²) in [4.78, 5) is 42.0. The zero-order valence-corrected chi connectivity index (χ0v) is 22.9. The second-order valence-corrected chi connectivity index (χ2v) is 10.8. The number of alkyl carbamates (subject to hydrolysis) is 1. The Morgan fingerprint density at radius 3 is 2.47 bits per heavy atom. The van der Waals surface area contributed by atoms with Crippen LogP contribution in [0.15, 0.2) is 22.7 Å². The molecule has 0 fully saturated rings. The van der Waals surface area contributed by atoms with Crippen molar-refractivity contribution in [1.82, 2.24) is 20.5 Å². The molecule has 0 aliphatic carbocycles. The SMILES string of the molecule is C[C@H](CC[C@@H](CCNC(=O)OC(C)(C)C)C(=O)N(C)C)NC(=O)c1[nH]c2ccc(Cl)cc2c1Br. The van der Waals surface area contributed by atoms with Crippen LogP contribution in [-0.4, -0.2) is 60.1 Å². The summed E-state index contributed by atoms with van der Waals surface area (Å²) < 4.78 is 5.90. The summed E-state index contributed by atoms with van der Waals surface area (Å²) in [6.45, 7) is 7.62. The number of H-pyrrole nitrogens is 1. The topological polar surface area (TPSA) is 104 Å². The lowest BCUT2D eigenvalue weighted by Crippen LogP contribution is -2.37. The summed E-state index contributed by atoms with van der Waals surface area (Å²) in [5.41, 5.74) is 0.651. The third kappa shape index (κ3) is 8.20. The van der Waals surface area contributed by atoms with Crippen molar-refractivity contribution in [1.29, 1.82) is 0 Å². The lowest BCUT2D eigenvalue weighted by atomic mass is 9.95. The number of aromatic amines is 1. The van der Waals surface area contributed by atoms with Crippen LogP contribution in [0.1, 0.15) is 57.4 Å². The highest BCUT2D eigenvalue weighted by molar-refractivity contribution is 9.10. The number of fused-ring (bicyclic) bond motifs is 1. The van der Waals surface area contributed by atoms with Crippen LogP contribution in [0, 0.1) is 5.92 Å². The standard InChI is InChI=1S/C24H34BrClN4O4/c1-14(28-21(31)20-19(25)17-13-16(26)9-10-18(17)29-20)7-8-15(22(32)30(5)6)11-12-27-23(33)34-24(2,3)4/h9-10,13-15,29H,7-8,11-12H2,1-6H3,(H,27,33)(H,28,31)/t14-,15+/m1/s1. The van der Waals surface area contributed by atoms with Gasteiger partial charge in [-0.05, 0) is 81.1 Å². The van der Waals surface area contributed by atoms with Crippen LogP contribution in [0.2, 0.25) is 5.02 Å². The Kier molecular flexibility index (Phi) is 9.82. The minimum absolute atomic E-state index is 0.0141. The fourth-order valence-electron chi connectivity index (χ4n) is 3.53. The summed E-state index contributed by atoms with van der Waals surface area (Å²) >= 11 is 9.55. The normalized spacial score (nSPS) is 13.3. The molecule has 2 rings (SSSR count). The molecule has 34 heavy (non-hydrogen) atoms. The van der Waals surface area contributed by atoms with E-state index < -0.39 is 11.7 Å². The minimum atomic E-state index is -0.581. The molecule has 0 bridgehead atoms. The molecule has 2 atom stereocenters. The molecule has 8 nitrogen and oxygen atoms in total. The number of nitrogens with zero attached hydrogens (tertiary/aromatic N) is 1. The molecule has 3 amide bonds. The summed E-state index contributed by atoms with van der Waals surface area (Å²) in [5, 5.41) is 7.12. The number of ether oxygens (including phenoxy) is 1. The predicted molar refractivity (Wildman–Crippen MR) is 138 cm³/mol. The van der Waals surface area contributed by atoms with Gasteiger partial charge in [0.1, 0.15) is 11.3 Å². The maximum Gasteiger partial charge on any atom is 0.407 e. The van der Waals surface area contributed by atoms with Gasteiger partial charge in [-0.2, -0.15) is 0 Å². The fraction of sp³-hybridized carbons (Fsp3) is 0.542. The van der Waals surface area contributed by atoms with Crippen molar-refractivity contribution in [3.8, 4) is 0 Å². The van der Waals surface area contributed by atoms with Crippen LogP contribution in [-0.2, 0) is 9.53 Å². The third-order valence-corrected chi connectivity index (χ3v) is 6.26. The Morgan fingerprint density at radius 2 is 1.85 bits per heavy atom. The molecule has 0 aliphatic rings. The number of benzene rings is 1. The molecule has 3 N–H and O–H groups in total. The van der Waals surface area contributed by atoms with Gasteiger partial charge in [-0.15, -0.1) is 0 Å². The van der Waals surface area contributed by atoms with Gasteiger partial charge in [0, 0.05) is 48.5 Å². The van der Waals surface area contributed by atoms with E-state index in [0.29, 0.717) is 41.0 Å². The van der Waals surface area contributed by atoms with E-state index >= 15 is 0 Å². The van der Waals surface area contributed by atoms with Crippen LogP contribution in [0.3, 0.4) is 0 Å². The largest absolute Gasteiger partial charge is 0.444 e. The predicted octanol–water partition coefficient (Wildman–Crippen LogP) is 5.10. The van der Waals surface area contributed by atoms with Crippen molar-refractivity contribution in [2.45, 2.75) is 58.6 Å². The van der Waals surface area contributed by atoms with Crippen LogP contribution in [0.5, 0.6) is 0 Å². The molecule has 1 heterocycles. The number of nitrogens with one attached hydrogen (secondary N) is 3. The number of rotatable bonds is 9.